The van der Waals surface area contributed by atoms with E-state index in [-0.39, 0.29) is 11.7 Å². The molecule has 0 bridgehead atoms. The molecule has 0 N–H and O–H groups in total. The van der Waals surface area contributed by atoms with E-state index in [4.69, 9.17) is 0 Å². The highest BCUT2D eigenvalue weighted by molar-refractivity contribution is 5.78. The molecule has 70 valence electrons. The lowest BCUT2D eigenvalue weighted by atomic mass is 9.94. The monoisotopic (exact) mass is 179 g/mol. The molecule has 0 spiro atoms. The van der Waals surface area contributed by atoms with Gasteiger partial charge in [0, 0.05) is 18.9 Å². The van der Waals surface area contributed by atoms with Crippen molar-refractivity contribution < 1.29 is 4.79 Å². The second kappa shape index (κ2) is 2.94. The maximum absolute atomic E-state index is 11.2. The first-order valence-corrected chi connectivity index (χ1v) is 4.57. The van der Waals surface area contributed by atoms with Crippen molar-refractivity contribution in [3.05, 3.63) is 11.6 Å². The van der Waals surface area contributed by atoms with Crippen molar-refractivity contribution in [2.75, 3.05) is 0 Å². The molecule has 0 aliphatic carbocycles. The summed E-state index contributed by atoms with van der Waals surface area (Å²) in [5.41, 5.74) is 0. The average Bonchev–Trinajstić information content (AvgIpc) is 2.42. The molecule has 0 radical (unpaired) electrons. The van der Waals surface area contributed by atoms with Gasteiger partial charge in [0.1, 0.15) is 17.4 Å². The van der Waals surface area contributed by atoms with Crippen LogP contribution in [0.1, 0.15) is 25.0 Å². The summed E-state index contributed by atoms with van der Waals surface area (Å²) in [6.45, 7) is 4.37. The molecule has 1 aliphatic rings. The van der Waals surface area contributed by atoms with Crippen LogP contribution in [-0.2, 0) is 17.8 Å². The van der Waals surface area contributed by atoms with E-state index in [2.05, 4.69) is 10.1 Å². The molecule has 1 unspecified atom stereocenters. The van der Waals surface area contributed by atoms with E-state index >= 15 is 0 Å². The average molecular weight is 179 g/mol. The van der Waals surface area contributed by atoms with Crippen molar-refractivity contribution in [1.82, 2.24) is 14.8 Å². The maximum atomic E-state index is 11.2. The summed E-state index contributed by atoms with van der Waals surface area (Å²) < 4.78 is 1.91. The fourth-order valence-corrected chi connectivity index (χ4v) is 1.78. The zero-order valence-electron chi connectivity index (χ0n) is 7.95. The lowest BCUT2D eigenvalue weighted by molar-refractivity contribution is -0.121. The van der Waals surface area contributed by atoms with Gasteiger partial charge in [-0.25, -0.2) is 9.67 Å². The van der Waals surface area contributed by atoms with E-state index in [1.165, 1.54) is 0 Å². The minimum Gasteiger partial charge on any atom is -0.300 e. The number of carbonyl (C=O) groups is 1. The third kappa shape index (κ3) is 1.48. The smallest absolute Gasteiger partial charge is 0.147 e. The van der Waals surface area contributed by atoms with Crippen LogP contribution in [0.5, 0.6) is 0 Å². The van der Waals surface area contributed by atoms with E-state index in [9.17, 15) is 4.79 Å². The Hall–Kier alpha value is -1.19. The Labute approximate surface area is 77.0 Å². The van der Waals surface area contributed by atoms with Crippen molar-refractivity contribution >= 4 is 5.78 Å². The summed E-state index contributed by atoms with van der Waals surface area (Å²) in [5, 5.41) is 4.24. The maximum Gasteiger partial charge on any atom is 0.147 e. The van der Waals surface area contributed by atoms with Crippen LogP contribution < -0.4 is 0 Å². The predicted octanol–water partition coefficient (Wildman–Crippen LogP) is 0.738. The second-order valence-corrected chi connectivity index (χ2v) is 3.60. The number of aromatic nitrogens is 3. The fraction of sp³-hybridized carbons (Fsp3) is 0.667. The van der Waals surface area contributed by atoms with Gasteiger partial charge in [0.05, 0.1) is 0 Å². The molecular formula is C9H13N3O. The number of aryl methyl sites for hydroxylation is 2. The molecule has 1 atom stereocenters. The minimum atomic E-state index is 0.163. The van der Waals surface area contributed by atoms with E-state index in [0.29, 0.717) is 0 Å². The molecule has 1 aromatic heterocycles. The van der Waals surface area contributed by atoms with Gasteiger partial charge < -0.3 is 0 Å². The second-order valence-electron chi connectivity index (χ2n) is 3.60. The first-order chi connectivity index (χ1) is 6.16. The Bertz CT molecular complexity index is 343. The topological polar surface area (TPSA) is 47.8 Å². The van der Waals surface area contributed by atoms with E-state index in [0.717, 1.165) is 31.0 Å². The number of Topliss-reactive ketones (excluding diaryl/α,β-unsaturated/α-hetero) is 1. The Kier molecular flexibility index (Phi) is 1.90. The molecule has 0 saturated heterocycles. The number of fused-ring (bicyclic) bond motifs is 1. The number of nitrogens with zero attached hydrogens (tertiary/aromatic N) is 3. The summed E-state index contributed by atoms with van der Waals surface area (Å²) >= 11 is 0. The third-order valence-electron chi connectivity index (χ3n) is 2.55. The van der Waals surface area contributed by atoms with Crippen LogP contribution in [-0.4, -0.2) is 20.5 Å². The minimum absolute atomic E-state index is 0.163. The molecule has 0 amide bonds. The third-order valence-corrected chi connectivity index (χ3v) is 2.55. The standard InChI is InChI=1S/C9H13N3O/c1-6(13)8-3-4-12-9(5-8)10-7(2)11-12/h8H,3-5H2,1-2H3. The largest absolute Gasteiger partial charge is 0.300 e. The van der Waals surface area contributed by atoms with Crippen LogP contribution >= 0.6 is 0 Å². The van der Waals surface area contributed by atoms with E-state index in [1.54, 1.807) is 6.92 Å². The Morgan fingerprint density at radius 1 is 1.62 bits per heavy atom. The summed E-state index contributed by atoms with van der Waals surface area (Å²) in [7, 11) is 0. The van der Waals surface area contributed by atoms with Crippen LogP contribution in [0, 0.1) is 12.8 Å². The van der Waals surface area contributed by atoms with Gasteiger partial charge in [-0.3, -0.25) is 4.79 Å². The van der Waals surface area contributed by atoms with Crippen molar-refractivity contribution in [2.24, 2.45) is 5.92 Å². The van der Waals surface area contributed by atoms with Crippen LogP contribution in [0.3, 0.4) is 0 Å². The number of hydrogen-bond acceptors (Lipinski definition) is 3. The fourth-order valence-electron chi connectivity index (χ4n) is 1.78. The van der Waals surface area contributed by atoms with Gasteiger partial charge in [0.2, 0.25) is 0 Å². The molecule has 1 aliphatic heterocycles. The molecule has 0 fully saturated rings. The van der Waals surface area contributed by atoms with E-state index < -0.39 is 0 Å². The molecule has 4 heteroatoms. The lowest BCUT2D eigenvalue weighted by Gasteiger charge is -2.19. The van der Waals surface area contributed by atoms with Gasteiger partial charge in [-0.1, -0.05) is 0 Å². The first kappa shape index (κ1) is 8.41. The highest BCUT2D eigenvalue weighted by Gasteiger charge is 2.23. The number of ketones is 1. The SMILES string of the molecule is CC(=O)C1CCn2nc(C)nc2C1. The lowest BCUT2D eigenvalue weighted by Crippen LogP contribution is -2.24. The van der Waals surface area contributed by atoms with E-state index in [1.807, 2.05) is 11.6 Å². The number of rotatable bonds is 1. The van der Waals surface area contributed by atoms with Gasteiger partial charge in [-0.05, 0) is 20.3 Å². The number of carbonyl (C=O) groups excluding carboxylic acids is 1. The highest BCUT2D eigenvalue weighted by atomic mass is 16.1. The van der Waals surface area contributed by atoms with Crippen molar-refractivity contribution in [2.45, 2.75) is 33.2 Å². The molecule has 13 heavy (non-hydrogen) atoms. The zero-order valence-corrected chi connectivity index (χ0v) is 7.95. The van der Waals surface area contributed by atoms with Crippen LogP contribution in [0.4, 0.5) is 0 Å². The van der Waals surface area contributed by atoms with Crippen molar-refractivity contribution in [1.29, 1.82) is 0 Å². The van der Waals surface area contributed by atoms with Crippen LogP contribution in [0.15, 0.2) is 0 Å². The molecule has 2 rings (SSSR count). The Morgan fingerprint density at radius 2 is 2.38 bits per heavy atom. The van der Waals surface area contributed by atoms with Gasteiger partial charge in [0.25, 0.3) is 0 Å². The zero-order chi connectivity index (χ0) is 9.42. The van der Waals surface area contributed by atoms with Crippen LogP contribution in [0.25, 0.3) is 0 Å². The summed E-state index contributed by atoms with van der Waals surface area (Å²) in [6, 6.07) is 0. The highest BCUT2D eigenvalue weighted by Crippen LogP contribution is 2.19. The first-order valence-electron chi connectivity index (χ1n) is 4.57. The molecule has 4 nitrogen and oxygen atoms in total. The van der Waals surface area contributed by atoms with Gasteiger partial charge in [-0.15, -0.1) is 0 Å². The Balaban J connectivity index is 2.24. The number of hydrogen-bond donors (Lipinski definition) is 0. The normalized spacial score (nSPS) is 21.2. The molecule has 0 saturated carbocycles. The summed E-state index contributed by atoms with van der Waals surface area (Å²) in [6.07, 6.45) is 1.67. The molecule has 2 heterocycles. The van der Waals surface area contributed by atoms with Crippen molar-refractivity contribution in [3.8, 4) is 0 Å². The van der Waals surface area contributed by atoms with Gasteiger partial charge >= 0.3 is 0 Å². The Morgan fingerprint density at radius 3 is 3.08 bits per heavy atom. The summed E-state index contributed by atoms with van der Waals surface area (Å²) in [4.78, 5) is 15.4. The molecular weight excluding hydrogens is 166 g/mol. The summed E-state index contributed by atoms with van der Waals surface area (Å²) in [5.74, 6) is 2.20. The quantitative estimate of drug-likeness (QED) is 0.638. The van der Waals surface area contributed by atoms with Gasteiger partial charge in [-0.2, -0.15) is 5.10 Å². The van der Waals surface area contributed by atoms with Crippen LogP contribution in [0.2, 0.25) is 0 Å². The molecule has 0 aromatic carbocycles. The predicted molar refractivity (Wildman–Crippen MR) is 47.3 cm³/mol. The molecule has 1 aromatic rings. The van der Waals surface area contributed by atoms with Crippen molar-refractivity contribution in [3.63, 3.8) is 0 Å². The van der Waals surface area contributed by atoms with Gasteiger partial charge in [0.15, 0.2) is 0 Å².